The summed E-state index contributed by atoms with van der Waals surface area (Å²) < 4.78 is 43.1. The van der Waals surface area contributed by atoms with Crippen LogP contribution in [0.15, 0.2) is 52.4 Å². The lowest BCUT2D eigenvalue weighted by Gasteiger charge is -2.08. The van der Waals surface area contributed by atoms with Crippen molar-refractivity contribution in [3.63, 3.8) is 0 Å². The maximum Gasteiger partial charge on any atom is 0.433 e. The Kier molecular flexibility index (Phi) is 4.87. The van der Waals surface area contributed by atoms with Crippen LogP contribution in [0.3, 0.4) is 0 Å². The quantitative estimate of drug-likeness (QED) is 0.584. The summed E-state index contributed by atoms with van der Waals surface area (Å²) in [7, 11) is 0. The van der Waals surface area contributed by atoms with Gasteiger partial charge in [0, 0.05) is 6.07 Å². The molecule has 1 heterocycles. The molecule has 2 rings (SSSR count). The number of alkyl halides is 3. The van der Waals surface area contributed by atoms with E-state index in [9.17, 15) is 13.2 Å². The van der Waals surface area contributed by atoms with E-state index in [1.807, 2.05) is 0 Å². The molecule has 0 fully saturated rings. The van der Waals surface area contributed by atoms with E-state index in [0.717, 1.165) is 6.07 Å². The molecule has 0 saturated carbocycles. The van der Waals surface area contributed by atoms with Crippen molar-refractivity contribution in [1.82, 2.24) is 4.98 Å². The van der Waals surface area contributed by atoms with Gasteiger partial charge in [0.15, 0.2) is 5.96 Å². The van der Waals surface area contributed by atoms with Gasteiger partial charge in [-0.05, 0) is 30.3 Å². The SMILES string of the molecule is NC(N)=NC(N)=Nc1ccc(Oc2cccc(C(F)(F)F)n2)cc1. The van der Waals surface area contributed by atoms with Crippen molar-refractivity contribution < 1.29 is 17.9 Å². The number of aromatic nitrogens is 1. The first kappa shape index (κ1) is 17.1. The fourth-order valence-corrected chi connectivity index (χ4v) is 1.63. The number of ether oxygens (including phenoxy) is 1. The van der Waals surface area contributed by atoms with Crippen molar-refractivity contribution in [2.24, 2.45) is 27.2 Å². The zero-order valence-electron chi connectivity index (χ0n) is 12.2. The first-order chi connectivity index (χ1) is 11.2. The van der Waals surface area contributed by atoms with Gasteiger partial charge in [-0.15, -0.1) is 0 Å². The Labute approximate surface area is 134 Å². The predicted octanol–water partition coefficient (Wildman–Crippen LogP) is 2.11. The predicted molar refractivity (Wildman–Crippen MR) is 82.8 cm³/mol. The highest BCUT2D eigenvalue weighted by atomic mass is 19.4. The van der Waals surface area contributed by atoms with E-state index in [1.54, 1.807) is 0 Å². The van der Waals surface area contributed by atoms with Crippen molar-refractivity contribution in [3.8, 4) is 11.6 Å². The highest BCUT2D eigenvalue weighted by molar-refractivity contribution is 5.93. The van der Waals surface area contributed by atoms with Gasteiger partial charge in [-0.25, -0.2) is 9.98 Å². The summed E-state index contributed by atoms with van der Waals surface area (Å²) in [6.07, 6.45) is -4.54. The summed E-state index contributed by atoms with van der Waals surface area (Å²) >= 11 is 0. The zero-order valence-corrected chi connectivity index (χ0v) is 12.2. The van der Waals surface area contributed by atoms with Crippen LogP contribution in [0.5, 0.6) is 11.6 Å². The Balaban J connectivity index is 2.14. The van der Waals surface area contributed by atoms with Gasteiger partial charge in [-0.1, -0.05) is 6.07 Å². The second-order valence-corrected chi connectivity index (χ2v) is 4.46. The molecule has 1 aromatic carbocycles. The number of nitrogens with zero attached hydrogens (tertiary/aromatic N) is 3. The number of guanidine groups is 2. The number of hydrogen-bond acceptors (Lipinski definition) is 3. The molecule has 0 spiro atoms. The first-order valence-electron chi connectivity index (χ1n) is 6.50. The first-order valence-corrected chi connectivity index (χ1v) is 6.50. The fraction of sp³-hybridized carbons (Fsp3) is 0.0714. The van der Waals surface area contributed by atoms with Gasteiger partial charge in [0.1, 0.15) is 11.4 Å². The standard InChI is InChI=1S/C14H13F3N6O/c15-14(16,17)10-2-1-3-11(22-10)24-9-6-4-8(5-7-9)21-13(20)23-12(18)19/h1-7H,(H6,18,19,20,21,23). The van der Waals surface area contributed by atoms with Crippen molar-refractivity contribution in [2.75, 3.05) is 0 Å². The largest absolute Gasteiger partial charge is 0.439 e. The van der Waals surface area contributed by atoms with Gasteiger partial charge in [-0.3, -0.25) is 0 Å². The van der Waals surface area contributed by atoms with E-state index in [1.165, 1.54) is 36.4 Å². The molecule has 0 bridgehead atoms. The summed E-state index contributed by atoms with van der Waals surface area (Å²) in [5, 5.41) is 0. The second-order valence-electron chi connectivity index (χ2n) is 4.46. The van der Waals surface area contributed by atoms with E-state index in [2.05, 4.69) is 15.0 Å². The second kappa shape index (κ2) is 6.86. The molecule has 0 atom stereocenters. The number of halogens is 3. The highest BCUT2D eigenvalue weighted by Gasteiger charge is 2.32. The normalized spacial score (nSPS) is 11.9. The molecule has 0 amide bonds. The lowest BCUT2D eigenvalue weighted by Crippen LogP contribution is -2.26. The van der Waals surface area contributed by atoms with Crippen LogP contribution in [0.1, 0.15) is 5.69 Å². The van der Waals surface area contributed by atoms with Gasteiger partial charge in [0.2, 0.25) is 11.8 Å². The lowest BCUT2D eigenvalue weighted by atomic mass is 10.3. The molecule has 6 N–H and O–H groups in total. The van der Waals surface area contributed by atoms with E-state index >= 15 is 0 Å². The van der Waals surface area contributed by atoms with E-state index in [4.69, 9.17) is 21.9 Å². The van der Waals surface area contributed by atoms with Gasteiger partial charge in [0.05, 0.1) is 5.69 Å². The van der Waals surface area contributed by atoms with Crippen molar-refractivity contribution in [3.05, 3.63) is 48.2 Å². The Bertz CT molecular complexity index is 767. The minimum absolute atomic E-state index is 0.136. The number of nitrogens with two attached hydrogens (primary N) is 3. The van der Waals surface area contributed by atoms with Crippen molar-refractivity contribution >= 4 is 17.6 Å². The molecule has 0 aliphatic carbocycles. The molecule has 0 aliphatic rings. The number of rotatable bonds is 3. The van der Waals surface area contributed by atoms with Crippen LogP contribution in [0.4, 0.5) is 18.9 Å². The molecule has 1 aromatic heterocycles. The summed E-state index contributed by atoms with van der Waals surface area (Å²) in [6.45, 7) is 0. The van der Waals surface area contributed by atoms with E-state index < -0.39 is 11.9 Å². The molecule has 0 radical (unpaired) electrons. The van der Waals surface area contributed by atoms with Crippen molar-refractivity contribution in [2.45, 2.75) is 6.18 Å². The van der Waals surface area contributed by atoms with Crippen molar-refractivity contribution in [1.29, 1.82) is 0 Å². The average molecular weight is 338 g/mol. The molecule has 0 saturated heterocycles. The number of hydrogen-bond donors (Lipinski definition) is 3. The Hall–Kier alpha value is -3.30. The van der Waals surface area contributed by atoms with Gasteiger partial charge >= 0.3 is 6.18 Å². The monoisotopic (exact) mass is 338 g/mol. The van der Waals surface area contributed by atoms with Gasteiger partial charge < -0.3 is 21.9 Å². The fourth-order valence-electron chi connectivity index (χ4n) is 1.63. The molecule has 126 valence electrons. The third-order valence-electron chi connectivity index (χ3n) is 2.56. The van der Waals surface area contributed by atoms with Crippen LogP contribution in [0, 0.1) is 0 Å². The molecule has 24 heavy (non-hydrogen) atoms. The molecule has 0 unspecified atom stereocenters. The van der Waals surface area contributed by atoms with Gasteiger partial charge in [-0.2, -0.15) is 18.2 Å². The van der Waals surface area contributed by atoms with Crippen LogP contribution in [0.25, 0.3) is 0 Å². The summed E-state index contributed by atoms with van der Waals surface area (Å²) in [4.78, 5) is 10.9. The zero-order chi connectivity index (χ0) is 17.7. The van der Waals surface area contributed by atoms with Crippen LogP contribution in [-0.4, -0.2) is 16.9 Å². The average Bonchev–Trinajstić information content (AvgIpc) is 2.48. The number of aliphatic imine (C=N–C) groups is 2. The molecular weight excluding hydrogens is 325 g/mol. The summed E-state index contributed by atoms with van der Waals surface area (Å²) in [5.74, 6) is -0.266. The van der Waals surface area contributed by atoms with Crippen LogP contribution in [-0.2, 0) is 6.18 Å². The highest BCUT2D eigenvalue weighted by Crippen LogP contribution is 2.30. The topological polar surface area (TPSA) is 125 Å². The molecule has 7 nitrogen and oxygen atoms in total. The third-order valence-corrected chi connectivity index (χ3v) is 2.56. The Morgan fingerprint density at radius 1 is 1.00 bits per heavy atom. The molecule has 2 aromatic rings. The van der Waals surface area contributed by atoms with E-state index in [0.29, 0.717) is 5.69 Å². The van der Waals surface area contributed by atoms with E-state index in [-0.39, 0.29) is 23.5 Å². The lowest BCUT2D eigenvalue weighted by molar-refractivity contribution is -0.141. The van der Waals surface area contributed by atoms with Crippen LogP contribution >= 0.6 is 0 Å². The molecular formula is C14H13F3N6O. The van der Waals surface area contributed by atoms with Gasteiger partial charge in [0.25, 0.3) is 0 Å². The Morgan fingerprint density at radius 2 is 1.67 bits per heavy atom. The Morgan fingerprint density at radius 3 is 2.25 bits per heavy atom. The smallest absolute Gasteiger partial charge is 0.433 e. The van der Waals surface area contributed by atoms with Crippen LogP contribution in [0.2, 0.25) is 0 Å². The maximum absolute atomic E-state index is 12.6. The summed E-state index contributed by atoms with van der Waals surface area (Å²) in [5.41, 5.74) is 15.2. The maximum atomic E-state index is 12.6. The summed E-state index contributed by atoms with van der Waals surface area (Å²) in [6, 6.07) is 9.41. The minimum Gasteiger partial charge on any atom is -0.439 e. The third kappa shape index (κ3) is 4.87. The van der Waals surface area contributed by atoms with Crippen LogP contribution < -0.4 is 21.9 Å². The molecule has 10 heteroatoms. The number of benzene rings is 1. The molecule has 0 aliphatic heterocycles. The minimum atomic E-state index is -4.54. The number of pyridine rings is 1.